The summed E-state index contributed by atoms with van der Waals surface area (Å²) in [5.74, 6) is 0.715. The van der Waals surface area contributed by atoms with Gasteiger partial charge in [0.2, 0.25) is 0 Å². The summed E-state index contributed by atoms with van der Waals surface area (Å²) >= 11 is 0. The smallest absolute Gasteiger partial charge is 0.0619 e. The standard InChI is InChI=1S/C7H13NO/c8-6-4-5(6)7-2-1-3-9-7/h5-7H,1-4,8H2/t5-,6-,7+/m1/s1. The van der Waals surface area contributed by atoms with Crippen molar-refractivity contribution in [1.82, 2.24) is 0 Å². The van der Waals surface area contributed by atoms with E-state index in [1.807, 2.05) is 0 Å². The molecule has 1 saturated carbocycles. The Morgan fingerprint density at radius 3 is 2.67 bits per heavy atom. The first-order valence-electron chi connectivity index (χ1n) is 3.75. The van der Waals surface area contributed by atoms with Gasteiger partial charge in [-0.1, -0.05) is 0 Å². The molecule has 0 radical (unpaired) electrons. The second kappa shape index (κ2) is 1.96. The first-order chi connectivity index (χ1) is 4.38. The Morgan fingerprint density at radius 1 is 1.44 bits per heavy atom. The van der Waals surface area contributed by atoms with Gasteiger partial charge in [0, 0.05) is 18.6 Å². The predicted molar refractivity (Wildman–Crippen MR) is 35.1 cm³/mol. The van der Waals surface area contributed by atoms with Gasteiger partial charge in [-0.15, -0.1) is 0 Å². The van der Waals surface area contributed by atoms with E-state index in [2.05, 4.69) is 0 Å². The van der Waals surface area contributed by atoms with Crippen LogP contribution in [0, 0.1) is 5.92 Å². The zero-order chi connectivity index (χ0) is 6.27. The van der Waals surface area contributed by atoms with Crippen molar-refractivity contribution < 1.29 is 4.74 Å². The van der Waals surface area contributed by atoms with Crippen molar-refractivity contribution in [3.05, 3.63) is 0 Å². The topological polar surface area (TPSA) is 35.2 Å². The van der Waals surface area contributed by atoms with E-state index in [-0.39, 0.29) is 0 Å². The van der Waals surface area contributed by atoms with Gasteiger partial charge in [0.25, 0.3) is 0 Å². The molecule has 2 fully saturated rings. The van der Waals surface area contributed by atoms with Crippen LogP contribution in [0.2, 0.25) is 0 Å². The summed E-state index contributed by atoms with van der Waals surface area (Å²) in [6, 6.07) is 0.466. The third-order valence-electron chi connectivity index (χ3n) is 2.33. The molecule has 0 unspecified atom stereocenters. The number of hydrogen-bond acceptors (Lipinski definition) is 2. The van der Waals surface area contributed by atoms with E-state index >= 15 is 0 Å². The minimum absolute atomic E-state index is 0.466. The number of ether oxygens (including phenoxy) is 1. The maximum Gasteiger partial charge on any atom is 0.0619 e. The van der Waals surface area contributed by atoms with Crippen molar-refractivity contribution in [3.63, 3.8) is 0 Å². The van der Waals surface area contributed by atoms with E-state index in [1.54, 1.807) is 0 Å². The molecule has 0 aromatic carbocycles. The van der Waals surface area contributed by atoms with Crippen LogP contribution in [0.4, 0.5) is 0 Å². The molecule has 0 aromatic heterocycles. The molecule has 0 aromatic rings. The lowest BCUT2D eigenvalue weighted by molar-refractivity contribution is 0.0927. The molecule has 2 heteroatoms. The largest absolute Gasteiger partial charge is 0.378 e. The van der Waals surface area contributed by atoms with E-state index in [0.717, 1.165) is 6.61 Å². The molecular formula is C7H13NO. The van der Waals surface area contributed by atoms with Crippen LogP contribution in [-0.2, 0) is 4.74 Å². The van der Waals surface area contributed by atoms with Crippen LogP contribution < -0.4 is 5.73 Å². The van der Waals surface area contributed by atoms with Crippen LogP contribution in [0.25, 0.3) is 0 Å². The summed E-state index contributed by atoms with van der Waals surface area (Å²) in [5, 5.41) is 0. The van der Waals surface area contributed by atoms with Crippen LogP contribution >= 0.6 is 0 Å². The first-order valence-corrected chi connectivity index (χ1v) is 3.75. The van der Waals surface area contributed by atoms with Crippen molar-refractivity contribution in [2.45, 2.75) is 31.4 Å². The molecule has 2 rings (SSSR count). The average Bonchev–Trinajstić information content (AvgIpc) is 2.44. The van der Waals surface area contributed by atoms with Gasteiger partial charge in [-0.25, -0.2) is 0 Å². The Labute approximate surface area is 55.4 Å². The van der Waals surface area contributed by atoms with E-state index in [4.69, 9.17) is 10.5 Å². The Balaban J connectivity index is 1.85. The van der Waals surface area contributed by atoms with Gasteiger partial charge in [0.1, 0.15) is 0 Å². The first kappa shape index (κ1) is 5.69. The maximum atomic E-state index is 5.67. The van der Waals surface area contributed by atoms with Gasteiger partial charge in [-0.05, 0) is 19.3 Å². The van der Waals surface area contributed by atoms with Crippen LogP contribution in [0.15, 0.2) is 0 Å². The van der Waals surface area contributed by atoms with E-state index < -0.39 is 0 Å². The summed E-state index contributed by atoms with van der Waals surface area (Å²) in [6.07, 6.45) is 4.22. The molecule has 3 atom stereocenters. The van der Waals surface area contributed by atoms with Gasteiger partial charge >= 0.3 is 0 Å². The minimum Gasteiger partial charge on any atom is -0.378 e. The molecule has 0 amide bonds. The molecule has 1 aliphatic heterocycles. The molecule has 2 aliphatic rings. The van der Waals surface area contributed by atoms with Gasteiger partial charge < -0.3 is 10.5 Å². The van der Waals surface area contributed by atoms with Crippen molar-refractivity contribution in [2.24, 2.45) is 11.7 Å². The van der Waals surface area contributed by atoms with Crippen LogP contribution in [-0.4, -0.2) is 18.8 Å². The molecule has 0 bridgehead atoms. The maximum absolute atomic E-state index is 5.67. The highest BCUT2D eigenvalue weighted by molar-refractivity contribution is 4.96. The van der Waals surface area contributed by atoms with Gasteiger partial charge in [0.15, 0.2) is 0 Å². The fourth-order valence-electron chi connectivity index (χ4n) is 1.60. The molecule has 2 nitrogen and oxygen atoms in total. The summed E-state index contributed by atoms with van der Waals surface area (Å²) < 4.78 is 5.47. The van der Waals surface area contributed by atoms with Crippen molar-refractivity contribution in [2.75, 3.05) is 6.61 Å². The lowest BCUT2D eigenvalue weighted by Crippen LogP contribution is -2.14. The summed E-state index contributed by atoms with van der Waals surface area (Å²) in [6.45, 7) is 0.966. The molecule has 52 valence electrons. The summed E-state index contributed by atoms with van der Waals surface area (Å²) in [4.78, 5) is 0. The zero-order valence-electron chi connectivity index (χ0n) is 5.55. The zero-order valence-corrected chi connectivity index (χ0v) is 5.55. The van der Waals surface area contributed by atoms with Gasteiger partial charge in [-0.3, -0.25) is 0 Å². The Hall–Kier alpha value is -0.0800. The Kier molecular flexibility index (Phi) is 1.24. The second-order valence-electron chi connectivity index (χ2n) is 3.11. The normalized spacial score (nSPS) is 49.7. The quantitative estimate of drug-likeness (QED) is 0.557. The second-order valence-corrected chi connectivity index (χ2v) is 3.11. The van der Waals surface area contributed by atoms with Crippen LogP contribution in [0.1, 0.15) is 19.3 Å². The number of hydrogen-bond donors (Lipinski definition) is 1. The predicted octanol–water partition coefficient (Wildman–Crippen LogP) is 0.513. The average molecular weight is 127 g/mol. The van der Waals surface area contributed by atoms with Crippen LogP contribution in [0.3, 0.4) is 0 Å². The van der Waals surface area contributed by atoms with Gasteiger partial charge in [-0.2, -0.15) is 0 Å². The highest BCUT2D eigenvalue weighted by Gasteiger charge is 2.41. The fourth-order valence-corrected chi connectivity index (χ4v) is 1.60. The molecule has 1 heterocycles. The highest BCUT2D eigenvalue weighted by Crippen LogP contribution is 2.37. The number of rotatable bonds is 1. The third-order valence-corrected chi connectivity index (χ3v) is 2.33. The van der Waals surface area contributed by atoms with E-state index in [0.29, 0.717) is 18.1 Å². The van der Waals surface area contributed by atoms with Crippen molar-refractivity contribution >= 4 is 0 Å². The molecular weight excluding hydrogens is 114 g/mol. The molecule has 1 aliphatic carbocycles. The summed E-state index contributed by atoms with van der Waals surface area (Å²) in [7, 11) is 0. The van der Waals surface area contributed by atoms with Crippen LogP contribution in [0.5, 0.6) is 0 Å². The fraction of sp³-hybridized carbons (Fsp3) is 1.00. The Bertz CT molecular complexity index is 109. The monoisotopic (exact) mass is 127 g/mol. The number of nitrogens with two attached hydrogens (primary N) is 1. The lowest BCUT2D eigenvalue weighted by Gasteiger charge is -2.05. The molecule has 2 N–H and O–H groups in total. The molecule has 9 heavy (non-hydrogen) atoms. The summed E-state index contributed by atoms with van der Waals surface area (Å²) in [5.41, 5.74) is 5.67. The van der Waals surface area contributed by atoms with E-state index in [9.17, 15) is 0 Å². The van der Waals surface area contributed by atoms with E-state index in [1.165, 1.54) is 19.3 Å². The minimum atomic E-state index is 0.466. The molecule has 0 spiro atoms. The SMILES string of the molecule is N[C@@H]1C[C@H]1[C@@H]1CCCO1. The highest BCUT2D eigenvalue weighted by atomic mass is 16.5. The van der Waals surface area contributed by atoms with Gasteiger partial charge in [0.05, 0.1) is 6.10 Å². The lowest BCUT2D eigenvalue weighted by atomic mass is 10.1. The molecule has 1 saturated heterocycles. The third kappa shape index (κ3) is 0.970. The Morgan fingerprint density at radius 2 is 2.22 bits per heavy atom. The van der Waals surface area contributed by atoms with Crippen molar-refractivity contribution in [1.29, 1.82) is 0 Å². The van der Waals surface area contributed by atoms with Crippen molar-refractivity contribution in [3.8, 4) is 0 Å².